The van der Waals surface area contributed by atoms with E-state index in [1.54, 1.807) is 10.7 Å². The maximum atomic E-state index is 5.78. The van der Waals surface area contributed by atoms with E-state index in [0.29, 0.717) is 5.88 Å². The Morgan fingerprint density at radius 1 is 1.41 bits per heavy atom. The molecule has 0 atom stereocenters. The molecule has 17 heavy (non-hydrogen) atoms. The van der Waals surface area contributed by atoms with Crippen LogP contribution in [0.5, 0.6) is 0 Å². The summed E-state index contributed by atoms with van der Waals surface area (Å²) in [7, 11) is 0. The fourth-order valence-corrected chi connectivity index (χ4v) is 2.10. The van der Waals surface area contributed by atoms with Gasteiger partial charge in [-0.25, -0.2) is 9.50 Å². The predicted molar refractivity (Wildman–Crippen MR) is 70.6 cm³/mol. The monoisotopic (exact) mass is 252 g/mol. The van der Waals surface area contributed by atoms with Crippen molar-refractivity contribution in [1.82, 2.24) is 14.6 Å². The van der Waals surface area contributed by atoms with Crippen molar-refractivity contribution in [2.75, 3.05) is 17.7 Å². The van der Waals surface area contributed by atoms with Gasteiger partial charge in [0, 0.05) is 24.7 Å². The molecule has 0 bridgehead atoms. The molecule has 2 heterocycles. The van der Waals surface area contributed by atoms with Crippen LogP contribution in [0, 0.1) is 5.41 Å². The zero-order valence-corrected chi connectivity index (χ0v) is 10.9. The summed E-state index contributed by atoms with van der Waals surface area (Å²) in [6.45, 7) is 5.25. The average Bonchev–Trinajstić information content (AvgIpc) is 2.73. The normalized spacial score (nSPS) is 11.9. The number of anilines is 1. The van der Waals surface area contributed by atoms with E-state index >= 15 is 0 Å². The highest BCUT2D eigenvalue weighted by atomic mass is 35.5. The predicted octanol–water partition coefficient (Wildman–Crippen LogP) is 2.80. The van der Waals surface area contributed by atoms with Crippen molar-refractivity contribution in [1.29, 1.82) is 0 Å². The van der Waals surface area contributed by atoms with Gasteiger partial charge in [-0.15, -0.1) is 11.6 Å². The molecule has 2 aromatic heterocycles. The molecule has 0 saturated heterocycles. The molecule has 0 unspecified atom stereocenters. The van der Waals surface area contributed by atoms with E-state index in [2.05, 4.69) is 29.2 Å². The van der Waals surface area contributed by atoms with Gasteiger partial charge < -0.3 is 5.32 Å². The lowest BCUT2D eigenvalue weighted by Gasteiger charge is -2.24. The summed E-state index contributed by atoms with van der Waals surface area (Å²) < 4.78 is 1.75. The molecule has 5 heteroatoms. The Kier molecular flexibility index (Phi) is 3.52. The van der Waals surface area contributed by atoms with E-state index < -0.39 is 0 Å². The molecule has 1 N–H and O–H groups in total. The lowest BCUT2D eigenvalue weighted by molar-refractivity contribution is 0.379. The number of fused-ring (bicyclic) bond motifs is 1. The summed E-state index contributed by atoms with van der Waals surface area (Å²) in [5, 5.41) is 7.45. The summed E-state index contributed by atoms with van der Waals surface area (Å²) in [5.74, 6) is 1.56. The van der Waals surface area contributed by atoms with Crippen LogP contribution in [0.1, 0.15) is 20.3 Å². The minimum atomic E-state index is 0.176. The van der Waals surface area contributed by atoms with Gasteiger partial charge in [0.05, 0.1) is 6.20 Å². The van der Waals surface area contributed by atoms with Crippen LogP contribution in [0.3, 0.4) is 0 Å². The molecule has 0 aliphatic carbocycles. The maximum absolute atomic E-state index is 5.78. The quantitative estimate of drug-likeness (QED) is 0.832. The highest BCUT2D eigenvalue weighted by molar-refractivity contribution is 6.17. The molecule has 0 fully saturated rings. The average molecular weight is 253 g/mol. The van der Waals surface area contributed by atoms with Crippen LogP contribution in [0.2, 0.25) is 0 Å². The lowest BCUT2D eigenvalue weighted by Crippen LogP contribution is -2.24. The largest absolute Gasteiger partial charge is 0.369 e. The van der Waals surface area contributed by atoms with Crippen LogP contribution >= 0.6 is 11.6 Å². The summed E-state index contributed by atoms with van der Waals surface area (Å²) >= 11 is 5.78. The maximum Gasteiger partial charge on any atom is 0.157 e. The van der Waals surface area contributed by atoms with Gasteiger partial charge >= 0.3 is 0 Å². The molecule has 92 valence electrons. The second-order valence-corrected chi connectivity index (χ2v) is 5.28. The zero-order chi connectivity index (χ0) is 12.3. The van der Waals surface area contributed by atoms with Crippen molar-refractivity contribution in [3.8, 4) is 0 Å². The van der Waals surface area contributed by atoms with Crippen LogP contribution in [0.4, 0.5) is 5.82 Å². The van der Waals surface area contributed by atoms with E-state index in [1.807, 2.05) is 18.3 Å². The third-order valence-corrected chi connectivity index (χ3v) is 2.97. The van der Waals surface area contributed by atoms with Gasteiger partial charge in [0.15, 0.2) is 5.65 Å². The van der Waals surface area contributed by atoms with E-state index in [0.717, 1.165) is 24.4 Å². The molecule has 2 aromatic rings. The van der Waals surface area contributed by atoms with E-state index in [1.165, 1.54) is 0 Å². The van der Waals surface area contributed by atoms with Gasteiger partial charge in [0.25, 0.3) is 0 Å². The lowest BCUT2D eigenvalue weighted by atomic mass is 9.90. The topological polar surface area (TPSA) is 42.2 Å². The van der Waals surface area contributed by atoms with Crippen molar-refractivity contribution in [3.05, 3.63) is 24.5 Å². The Morgan fingerprint density at radius 2 is 2.24 bits per heavy atom. The highest BCUT2D eigenvalue weighted by Gasteiger charge is 2.16. The number of nitrogens with one attached hydrogen (secondary N) is 1. The van der Waals surface area contributed by atoms with Crippen LogP contribution in [-0.4, -0.2) is 27.0 Å². The first-order valence-electron chi connectivity index (χ1n) is 5.71. The van der Waals surface area contributed by atoms with Crippen LogP contribution in [-0.2, 0) is 0 Å². The first kappa shape index (κ1) is 12.2. The van der Waals surface area contributed by atoms with Crippen LogP contribution < -0.4 is 5.32 Å². The standard InChI is InChI=1S/C12H17ClN4/c1-12(2,5-6-13)9-14-10-4-8-17-11(16-10)3-7-15-17/h3-4,7-8H,5-6,9H2,1-2H3,(H,14,16). The first-order chi connectivity index (χ1) is 8.11. The summed E-state index contributed by atoms with van der Waals surface area (Å²) in [6, 6.07) is 3.81. The third-order valence-electron chi connectivity index (χ3n) is 2.78. The van der Waals surface area contributed by atoms with Gasteiger partial charge in [-0.2, -0.15) is 5.10 Å². The Bertz CT molecular complexity index is 492. The van der Waals surface area contributed by atoms with Gasteiger partial charge in [0.2, 0.25) is 0 Å². The minimum absolute atomic E-state index is 0.176. The SMILES string of the molecule is CC(C)(CCCl)CNc1ccn2nccc2n1. The second-order valence-electron chi connectivity index (χ2n) is 4.90. The number of nitrogens with zero attached hydrogens (tertiary/aromatic N) is 3. The second kappa shape index (κ2) is 4.92. The number of hydrogen-bond acceptors (Lipinski definition) is 3. The molecular formula is C12H17ClN4. The molecule has 0 saturated carbocycles. The molecule has 2 rings (SSSR count). The molecular weight excluding hydrogens is 236 g/mol. The minimum Gasteiger partial charge on any atom is -0.369 e. The Hall–Kier alpha value is -1.29. The zero-order valence-electron chi connectivity index (χ0n) is 10.2. The molecule has 0 aromatic carbocycles. The number of halogens is 1. The van der Waals surface area contributed by atoms with Crippen molar-refractivity contribution in [3.63, 3.8) is 0 Å². The van der Waals surface area contributed by atoms with Crippen molar-refractivity contribution in [2.24, 2.45) is 5.41 Å². The smallest absolute Gasteiger partial charge is 0.157 e. The highest BCUT2D eigenvalue weighted by Crippen LogP contribution is 2.21. The Labute approximate surface area is 106 Å². The molecule has 0 spiro atoms. The van der Waals surface area contributed by atoms with Crippen LogP contribution in [0.25, 0.3) is 5.65 Å². The molecule has 0 aliphatic heterocycles. The van der Waals surface area contributed by atoms with E-state index in [9.17, 15) is 0 Å². The van der Waals surface area contributed by atoms with E-state index in [4.69, 9.17) is 11.6 Å². The fraction of sp³-hybridized carbons (Fsp3) is 0.500. The molecule has 0 aliphatic rings. The van der Waals surface area contributed by atoms with E-state index in [-0.39, 0.29) is 5.41 Å². The van der Waals surface area contributed by atoms with Crippen molar-refractivity contribution < 1.29 is 0 Å². The van der Waals surface area contributed by atoms with Crippen molar-refractivity contribution in [2.45, 2.75) is 20.3 Å². The number of hydrogen-bond donors (Lipinski definition) is 1. The van der Waals surface area contributed by atoms with Gasteiger partial charge in [-0.1, -0.05) is 13.8 Å². The molecule has 4 nitrogen and oxygen atoms in total. The third kappa shape index (κ3) is 3.09. The van der Waals surface area contributed by atoms with Gasteiger partial charge in [-0.3, -0.25) is 0 Å². The summed E-state index contributed by atoms with van der Waals surface area (Å²) in [6.07, 6.45) is 4.62. The Morgan fingerprint density at radius 3 is 3.00 bits per heavy atom. The van der Waals surface area contributed by atoms with Gasteiger partial charge in [0.1, 0.15) is 5.82 Å². The van der Waals surface area contributed by atoms with Gasteiger partial charge in [-0.05, 0) is 17.9 Å². The van der Waals surface area contributed by atoms with Crippen LogP contribution in [0.15, 0.2) is 24.5 Å². The molecule has 0 amide bonds. The number of rotatable bonds is 5. The summed E-state index contributed by atoms with van der Waals surface area (Å²) in [5.41, 5.74) is 1.03. The van der Waals surface area contributed by atoms with Crippen molar-refractivity contribution >= 4 is 23.1 Å². The fourth-order valence-electron chi connectivity index (χ4n) is 1.59. The summed E-state index contributed by atoms with van der Waals surface area (Å²) in [4.78, 5) is 4.45. The first-order valence-corrected chi connectivity index (χ1v) is 6.24. The number of aromatic nitrogens is 3. The molecule has 0 radical (unpaired) electrons. The number of alkyl halides is 1. The Balaban J connectivity index is 2.03.